The number of nitrogens with zero attached hydrogens (tertiary/aromatic N) is 2. The van der Waals surface area contributed by atoms with E-state index < -0.39 is 0 Å². The molecule has 0 unspecified atom stereocenters. The van der Waals surface area contributed by atoms with Crippen molar-refractivity contribution in [1.82, 2.24) is 15.3 Å². The summed E-state index contributed by atoms with van der Waals surface area (Å²) in [6.07, 6.45) is 6.60. The largest absolute Gasteiger partial charge is 0.348 e. The molecule has 3 aromatic rings. The molecule has 2 aromatic heterocycles. The highest BCUT2D eigenvalue weighted by Gasteiger charge is 2.09. The lowest BCUT2D eigenvalue weighted by molar-refractivity contribution is 0.0949. The lowest BCUT2D eigenvalue weighted by Crippen LogP contribution is -2.23. The zero-order valence-corrected chi connectivity index (χ0v) is 13.8. The van der Waals surface area contributed by atoms with Crippen molar-refractivity contribution in [1.29, 1.82) is 0 Å². The molecule has 25 heavy (non-hydrogen) atoms. The monoisotopic (exact) mass is 331 g/mol. The SMILES string of the molecule is CC(=O)c1cccc(-c2cncc(C(=O)NCc3cccnc3)c2)c1. The summed E-state index contributed by atoms with van der Waals surface area (Å²) < 4.78 is 0. The fraction of sp³-hybridized carbons (Fsp3) is 0.100. The number of rotatable bonds is 5. The van der Waals surface area contributed by atoms with Gasteiger partial charge in [0.2, 0.25) is 0 Å². The normalized spacial score (nSPS) is 10.3. The van der Waals surface area contributed by atoms with Crippen LogP contribution in [0.1, 0.15) is 33.2 Å². The van der Waals surface area contributed by atoms with Gasteiger partial charge in [0.15, 0.2) is 5.78 Å². The zero-order valence-electron chi connectivity index (χ0n) is 13.8. The van der Waals surface area contributed by atoms with Crippen molar-refractivity contribution in [2.45, 2.75) is 13.5 Å². The molecule has 0 aliphatic rings. The molecular formula is C20H17N3O2. The summed E-state index contributed by atoms with van der Waals surface area (Å²) in [6, 6.07) is 12.8. The lowest BCUT2D eigenvalue weighted by atomic mass is 10.0. The molecule has 1 amide bonds. The predicted molar refractivity (Wildman–Crippen MR) is 95.1 cm³/mol. The van der Waals surface area contributed by atoms with Crippen LogP contribution in [0, 0.1) is 0 Å². The van der Waals surface area contributed by atoms with Crippen molar-refractivity contribution in [2.24, 2.45) is 0 Å². The van der Waals surface area contributed by atoms with E-state index in [1.165, 1.54) is 13.1 Å². The Labute approximate surface area is 145 Å². The van der Waals surface area contributed by atoms with Crippen LogP contribution in [0.3, 0.4) is 0 Å². The third-order valence-corrected chi connectivity index (χ3v) is 3.78. The Kier molecular flexibility index (Phi) is 4.95. The summed E-state index contributed by atoms with van der Waals surface area (Å²) in [6.45, 7) is 1.93. The topological polar surface area (TPSA) is 72.0 Å². The second kappa shape index (κ2) is 7.49. The first kappa shape index (κ1) is 16.5. The number of pyridine rings is 2. The standard InChI is InChI=1S/C20H17N3O2/c1-14(24)16-5-2-6-17(8-16)18-9-19(13-22-12-18)20(25)23-11-15-4-3-7-21-10-15/h2-10,12-13H,11H2,1H3,(H,23,25). The predicted octanol–water partition coefficient (Wildman–Crippen LogP) is 3.28. The number of hydrogen-bond donors (Lipinski definition) is 1. The first-order chi connectivity index (χ1) is 12.1. The minimum atomic E-state index is -0.207. The van der Waals surface area contributed by atoms with Crippen LogP contribution in [0.4, 0.5) is 0 Å². The second-order valence-corrected chi connectivity index (χ2v) is 5.64. The van der Waals surface area contributed by atoms with E-state index in [-0.39, 0.29) is 11.7 Å². The zero-order chi connectivity index (χ0) is 17.6. The van der Waals surface area contributed by atoms with Gasteiger partial charge in [0.05, 0.1) is 5.56 Å². The Balaban J connectivity index is 1.78. The molecule has 124 valence electrons. The molecule has 0 saturated carbocycles. The van der Waals surface area contributed by atoms with Crippen molar-refractivity contribution in [3.8, 4) is 11.1 Å². The highest BCUT2D eigenvalue weighted by Crippen LogP contribution is 2.21. The van der Waals surface area contributed by atoms with E-state index in [2.05, 4.69) is 15.3 Å². The van der Waals surface area contributed by atoms with Gasteiger partial charge in [-0.3, -0.25) is 19.6 Å². The van der Waals surface area contributed by atoms with Crippen LogP contribution in [-0.2, 0) is 6.54 Å². The van der Waals surface area contributed by atoms with Gasteiger partial charge in [-0.25, -0.2) is 0 Å². The number of benzene rings is 1. The van der Waals surface area contributed by atoms with Crippen molar-refractivity contribution < 1.29 is 9.59 Å². The smallest absolute Gasteiger partial charge is 0.253 e. The highest BCUT2D eigenvalue weighted by molar-refractivity contribution is 5.96. The minimum Gasteiger partial charge on any atom is -0.348 e. The molecule has 0 fully saturated rings. The number of aromatic nitrogens is 2. The molecule has 3 rings (SSSR count). The minimum absolute atomic E-state index is 0.000164. The number of Topliss-reactive ketones (excluding diaryl/α,β-unsaturated/α-hetero) is 1. The second-order valence-electron chi connectivity index (χ2n) is 5.64. The third kappa shape index (κ3) is 4.14. The van der Waals surface area contributed by atoms with E-state index in [0.29, 0.717) is 17.7 Å². The number of carbonyl (C=O) groups is 2. The van der Waals surface area contributed by atoms with Crippen LogP contribution in [0.2, 0.25) is 0 Å². The maximum Gasteiger partial charge on any atom is 0.253 e. The molecule has 5 heteroatoms. The fourth-order valence-electron chi connectivity index (χ4n) is 2.43. The van der Waals surface area contributed by atoms with Crippen LogP contribution in [0.5, 0.6) is 0 Å². The molecule has 0 saturated heterocycles. The number of ketones is 1. The summed E-state index contributed by atoms with van der Waals surface area (Å²) >= 11 is 0. The molecule has 1 aromatic carbocycles. The molecular weight excluding hydrogens is 314 g/mol. The van der Waals surface area contributed by atoms with Crippen LogP contribution in [0.15, 0.2) is 67.3 Å². The van der Waals surface area contributed by atoms with E-state index in [0.717, 1.165) is 16.7 Å². The van der Waals surface area contributed by atoms with E-state index >= 15 is 0 Å². The molecule has 2 heterocycles. The molecule has 0 atom stereocenters. The molecule has 1 N–H and O–H groups in total. The Morgan fingerprint density at radius 1 is 0.920 bits per heavy atom. The van der Waals surface area contributed by atoms with Crippen molar-refractivity contribution in [2.75, 3.05) is 0 Å². The van der Waals surface area contributed by atoms with Gasteiger partial charge in [0.25, 0.3) is 5.91 Å². The van der Waals surface area contributed by atoms with Gasteiger partial charge < -0.3 is 5.32 Å². The maximum atomic E-state index is 12.4. The number of hydrogen-bond acceptors (Lipinski definition) is 4. The van der Waals surface area contributed by atoms with Gasteiger partial charge in [-0.05, 0) is 36.2 Å². The molecule has 0 bridgehead atoms. The van der Waals surface area contributed by atoms with E-state index in [4.69, 9.17) is 0 Å². The number of nitrogens with one attached hydrogen (secondary N) is 1. The summed E-state index contributed by atoms with van der Waals surface area (Å²) in [4.78, 5) is 32.1. The molecule has 5 nitrogen and oxygen atoms in total. The summed E-state index contributed by atoms with van der Waals surface area (Å²) in [7, 11) is 0. The number of carbonyl (C=O) groups excluding carboxylic acids is 2. The maximum absolute atomic E-state index is 12.4. The summed E-state index contributed by atoms with van der Waals surface area (Å²) in [5.74, 6) is -0.207. The van der Waals surface area contributed by atoms with Crippen molar-refractivity contribution >= 4 is 11.7 Å². The molecule has 0 radical (unpaired) electrons. The van der Waals surface area contributed by atoms with Crippen LogP contribution in [0.25, 0.3) is 11.1 Å². The van der Waals surface area contributed by atoms with Gasteiger partial charge in [-0.2, -0.15) is 0 Å². The van der Waals surface area contributed by atoms with Gasteiger partial charge in [-0.15, -0.1) is 0 Å². The molecule has 0 aliphatic heterocycles. The van der Waals surface area contributed by atoms with Crippen LogP contribution < -0.4 is 5.32 Å². The Morgan fingerprint density at radius 2 is 1.76 bits per heavy atom. The van der Waals surface area contributed by atoms with Gasteiger partial charge in [0, 0.05) is 42.5 Å². The lowest BCUT2D eigenvalue weighted by Gasteiger charge is -2.07. The Hall–Kier alpha value is -3.34. The van der Waals surface area contributed by atoms with E-state index in [9.17, 15) is 9.59 Å². The Bertz CT molecular complexity index is 908. The summed E-state index contributed by atoms with van der Waals surface area (Å²) in [5, 5.41) is 2.85. The Morgan fingerprint density at radius 3 is 2.52 bits per heavy atom. The molecule has 0 spiro atoms. The van der Waals surface area contributed by atoms with Gasteiger partial charge >= 0.3 is 0 Å². The highest BCUT2D eigenvalue weighted by atomic mass is 16.1. The van der Waals surface area contributed by atoms with E-state index in [1.54, 1.807) is 36.8 Å². The van der Waals surface area contributed by atoms with E-state index in [1.807, 2.05) is 24.3 Å². The van der Waals surface area contributed by atoms with Crippen molar-refractivity contribution in [3.63, 3.8) is 0 Å². The summed E-state index contributed by atoms with van der Waals surface area (Å²) in [5.41, 5.74) is 3.66. The average molecular weight is 331 g/mol. The van der Waals surface area contributed by atoms with Gasteiger partial charge in [-0.1, -0.05) is 24.3 Å². The fourth-order valence-corrected chi connectivity index (χ4v) is 2.43. The number of amides is 1. The third-order valence-electron chi connectivity index (χ3n) is 3.78. The molecule has 0 aliphatic carbocycles. The first-order valence-corrected chi connectivity index (χ1v) is 7.87. The van der Waals surface area contributed by atoms with Crippen LogP contribution >= 0.6 is 0 Å². The van der Waals surface area contributed by atoms with Crippen molar-refractivity contribution in [3.05, 3.63) is 83.9 Å². The average Bonchev–Trinajstić information content (AvgIpc) is 2.67. The first-order valence-electron chi connectivity index (χ1n) is 7.87. The van der Waals surface area contributed by atoms with Crippen LogP contribution in [-0.4, -0.2) is 21.7 Å². The van der Waals surface area contributed by atoms with Gasteiger partial charge in [0.1, 0.15) is 0 Å². The quantitative estimate of drug-likeness (QED) is 0.728.